The number of hydrogen-bond donors (Lipinski definition) is 2. The summed E-state index contributed by atoms with van der Waals surface area (Å²) < 4.78 is 32.5. The third kappa shape index (κ3) is 4.28. The Hall–Kier alpha value is -2.96. The number of amides is 1. The van der Waals surface area contributed by atoms with Crippen LogP contribution >= 0.6 is 0 Å². The normalized spacial score (nSPS) is 11.6. The summed E-state index contributed by atoms with van der Waals surface area (Å²) in [7, 11) is 0. The molecule has 24 heavy (non-hydrogen) atoms. The Morgan fingerprint density at radius 2 is 1.71 bits per heavy atom. The Morgan fingerprint density at radius 1 is 1.12 bits per heavy atom. The maximum atomic E-state index is 13.7. The molecule has 7 heteroatoms. The number of ether oxygens (including phenoxy) is 1. The number of nitrogens with one attached hydrogen (secondary N) is 1. The van der Waals surface area contributed by atoms with Gasteiger partial charge in [0, 0.05) is 5.69 Å². The zero-order chi connectivity index (χ0) is 17.7. The lowest BCUT2D eigenvalue weighted by molar-refractivity contribution is -0.116. The van der Waals surface area contributed by atoms with E-state index in [0.29, 0.717) is 5.69 Å². The minimum atomic E-state index is -1.08. The first-order chi connectivity index (χ1) is 11.4. The molecule has 0 aliphatic rings. The fraction of sp³-hybridized carbons (Fsp3) is 0.176. The molecule has 2 aromatic carbocycles. The summed E-state index contributed by atoms with van der Waals surface area (Å²) in [6, 6.07) is 9.50. The van der Waals surface area contributed by atoms with Crippen molar-refractivity contribution < 1.29 is 23.1 Å². The van der Waals surface area contributed by atoms with Crippen LogP contribution in [0.5, 0.6) is 0 Å². The number of benzene rings is 2. The average molecular weight is 334 g/mol. The molecular weight excluding hydrogens is 318 g/mol. The SMILES string of the molecule is C[C@@H](OC(=O)c1ccc(NCC(N)=O)cc1)c1c(F)cccc1F. The highest BCUT2D eigenvalue weighted by Crippen LogP contribution is 2.24. The van der Waals surface area contributed by atoms with Gasteiger partial charge in [0.1, 0.15) is 17.7 Å². The quantitative estimate of drug-likeness (QED) is 0.796. The molecule has 0 aliphatic heterocycles. The number of anilines is 1. The first-order valence-corrected chi connectivity index (χ1v) is 7.15. The summed E-state index contributed by atoms with van der Waals surface area (Å²) in [4.78, 5) is 22.7. The molecular formula is C17H16F2N2O3. The molecule has 0 saturated heterocycles. The van der Waals surface area contributed by atoms with E-state index in [-0.39, 0.29) is 17.7 Å². The maximum Gasteiger partial charge on any atom is 0.338 e. The Balaban J connectivity index is 2.05. The zero-order valence-corrected chi connectivity index (χ0v) is 12.9. The predicted molar refractivity (Wildman–Crippen MR) is 84.3 cm³/mol. The smallest absolute Gasteiger partial charge is 0.338 e. The molecule has 0 unspecified atom stereocenters. The molecule has 0 heterocycles. The van der Waals surface area contributed by atoms with Gasteiger partial charge in [-0.15, -0.1) is 0 Å². The fourth-order valence-corrected chi connectivity index (χ4v) is 2.10. The van der Waals surface area contributed by atoms with Crippen molar-refractivity contribution >= 4 is 17.6 Å². The molecule has 126 valence electrons. The predicted octanol–water partition coefficient (Wildman–Crippen LogP) is 2.78. The van der Waals surface area contributed by atoms with Gasteiger partial charge in [0.25, 0.3) is 0 Å². The summed E-state index contributed by atoms with van der Waals surface area (Å²) in [5.74, 6) is -2.78. The number of esters is 1. The topological polar surface area (TPSA) is 81.4 Å². The second-order valence-corrected chi connectivity index (χ2v) is 5.08. The lowest BCUT2D eigenvalue weighted by atomic mass is 10.1. The van der Waals surface area contributed by atoms with Gasteiger partial charge in [0.05, 0.1) is 17.7 Å². The van der Waals surface area contributed by atoms with Crippen molar-refractivity contribution in [3.63, 3.8) is 0 Å². The van der Waals surface area contributed by atoms with E-state index in [1.54, 1.807) is 12.1 Å². The summed E-state index contributed by atoms with van der Waals surface area (Å²) in [5.41, 5.74) is 5.52. The molecule has 2 rings (SSSR count). The fourth-order valence-electron chi connectivity index (χ4n) is 2.10. The Kier molecular flexibility index (Phi) is 5.47. The highest BCUT2D eigenvalue weighted by molar-refractivity contribution is 5.90. The third-order valence-electron chi connectivity index (χ3n) is 3.28. The van der Waals surface area contributed by atoms with E-state index in [1.807, 2.05) is 0 Å². The van der Waals surface area contributed by atoms with Crippen LogP contribution < -0.4 is 11.1 Å². The first kappa shape index (κ1) is 17.4. The van der Waals surface area contributed by atoms with Gasteiger partial charge in [0.15, 0.2) is 0 Å². The lowest BCUT2D eigenvalue weighted by Gasteiger charge is -2.15. The Labute approximate surface area is 137 Å². The minimum Gasteiger partial charge on any atom is -0.454 e. The number of carbonyl (C=O) groups excluding carboxylic acids is 2. The number of rotatable bonds is 6. The van der Waals surface area contributed by atoms with Gasteiger partial charge in [-0.2, -0.15) is 0 Å². The molecule has 0 spiro atoms. The van der Waals surface area contributed by atoms with Gasteiger partial charge in [-0.25, -0.2) is 13.6 Å². The highest BCUT2D eigenvalue weighted by Gasteiger charge is 2.20. The first-order valence-electron chi connectivity index (χ1n) is 7.15. The molecule has 1 atom stereocenters. The van der Waals surface area contributed by atoms with Crippen LogP contribution in [0.3, 0.4) is 0 Å². The molecule has 2 aromatic rings. The maximum absolute atomic E-state index is 13.7. The Bertz CT molecular complexity index is 728. The molecule has 0 saturated carbocycles. The van der Waals surface area contributed by atoms with Crippen LogP contribution in [0.4, 0.5) is 14.5 Å². The van der Waals surface area contributed by atoms with Crippen molar-refractivity contribution in [2.75, 3.05) is 11.9 Å². The molecule has 0 radical (unpaired) electrons. The van der Waals surface area contributed by atoms with E-state index in [4.69, 9.17) is 10.5 Å². The van der Waals surface area contributed by atoms with Crippen LogP contribution in [-0.4, -0.2) is 18.4 Å². The molecule has 1 amide bonds. The van der Waals surface area contributed by atoms with Gasteiger partial charge in [-0.05, 0) is 43.3 Å². The van der Waals surface area contributed by atoms with Crippen LogP contribution in [0, 0.1) is 11.6 Å². The van der Waals surface area contributed by atoms with E-state index in [2.05, 4.69) is 5.32 Å². The number of primary amides is 1. The van der Waals surface area contributed by atoms with Crippen molar-refractivity contribution in [2.24, 2.45) is 5.73 Å². The van der Waals surface area contributed by atoms with E-state index in [9.17, 15) is 18.4 Å². The molecule has 0 bridgehead atoms. The van der Waals surface area contributed by atoms with Crippen LogP contribution in [-0.2, 0) is 9.53 Å². The second kappa shape index (κ2) is 7.54. The molecule has 0 aliphatic carbocycles. The van der Waals surface area contributed by atoms with Crippen molar-refractivity contribution in [2.45, 2.75) is 13.0 Å². The average Bonchev–Trinajstić information content (AvgIpc) is 2.53. The largest absolute Gasteiger partial charge is 0.454 e. The highest BCUT2D eigenvalue weighted by atomic mass is 19.1. The second-order valence-electron chi connectivity index (χ2n) is 5.08. The minimum absolute atomic E-state index is 0.0343. The molecule has 5 nitrogen and oxygen atoms in total. The van der Waals surface area contributed by atoms with Crippen LogP contribution in [0.2, 0.25) is 0 Å². The van der Waals surface area contributed by atoms with E-state index in [1.165, 1.54) is 25.1 Å². The third-order valence-corrected chi connectivity index (χ3v) is 3.28. The summed E-state index contributed by atoms with van der Waals surface area (Å²) in [5, 5.41) is 2.77. The number of hydrogen-bond acceptors (Lipinski definition) is 4. The van der Waals surface area contributed by atoms with E-state index < -0.39 is 29.6 Å². The molecule has 0 aromatic heterocycles. The monoisotopic (exact) mass is 334 g/mol. The zero-order valence-electron chi connectivity index (χ0n) is 12.9. The van der Waals surface area contributed by atoms with Gasteiger partial charge < -0.3 is 15.8 Å². The van der Waals surface area contributed by atoms with E-state index in [0.717, 1.165) is 12.1 Å². The van der Waals surface area contributed by atoms with Gasteiger partial charge in [-0.3, -0.25) is 4.79 Å². The van der Waals surface area contributed by atoms with Crippen molar-refractivity contribution in [1.29, 1.82) is 0 Å². The molecule has 3 N–H and O–H groups in total. The Morgan fingerprint density at radius 3 is 2.25 bits per heavy atom. The van der Waals surface area contributed by atoms with Crippen LogP contribution in [0.25, 0.3) is 0 Å². The summed E-state index contributed by atoms with van der Waals surface area (Å²) in [6.07, 6.45) is -1.08. The summed E-state index contributed by atoms with van der Waals surface area (Å²) in [6.45, 7) is 1.36. The van der Waals surface area contributed by atoms with Crippen LogP contribution in [0.1, 0.15) is 28.9 Å². The summed E-state index contributed by atoms with van der Waals surface area (Å²) >= 11 is 0. The lowest BCUT2D eigenvalue weighted by Crippen LogP contribution is -2.21. The standard InChI is InChI=1S/C17H16F2N2O3/c1-10(16-13(18)3-2-4-14(16)19)24-17(23)11-5-7-12(8-6-11)21-9-15(20)22/h2-8,10,21H,9H2,1H3,(H2,20,22)/t10-/m1/s1. The van der Waals surface area contributed by atoms with Crippen molar-refractivity contribution in [3.8, 4) is 0 Å². The number of nitrogens with two attached hydrogens (primary N) is 1. The number of halogens is 2. The number of carbonyl (C=O) groups is 2. The van der Waals surface area contributed by atoms with E-state index >= 15 is 0 Å². The van der Waals surface area contributed by atoms with Crippen molar-refractivity contribution in [1.82, 2.24) is 0 Å². The van der Waals surface area contributed by atoms with Gasteiger partial charge in [-0.1, -0.05) is 6.07 Å². The van der Waals surface area contributed by atoms with Gasteiger partial charge in [0.2, 0.25) is 5.91 Å². The molecule has 0 fully saturated rings. The van der Waals surface area contributed by atoms with Gasteiger partial charge >= 0.3 is 5.97 Å². The van der Waals surface area contributed by atoms with Crippen molar-refractivity contribution in [3.05, 3.63) is 65.2 Å². The van der Waals surface area contributed by atoms with Crippen LogP contribution in [0.15, 0.2) is 42.5 Å².